The number of hydrogen-bond acceptors (Lipinski definition) is 2. The molecule has 0 atom stereocenters. The quantitative estimate of drug-likeness (QED) is 0.818. The van der Waals surface area contributed by atoms with Crippen LogP contribution in [0.25, 0.3) is 0 Å². The van der Waals surface area contributed by atoms with Crippen LogP contribution in [0.15, 0.2) is 24.3 Å². The van der Waals surface area contributed by atoms with Gasteiger partial charge in [-0.3, -0.25) is 4.79 Å². The van der Waals surface area contributed by atoms with Crippen LogP contribution in [0.5, 0.6) is 0 Å². The average Bonchev–Trinajstić information content (AvgIpc) is 2.28. The second-order valence-corrected chi connectivity index (χ2v) is 3.57. The lowest BCUT2D eigenvalue weighted by atomic mass is 10.2. The Kier molecular flexibility index (Phi) is 4.31. The minimum Gasteiger partial charge on any atom is -0.326 e. The highest BCUT2D eigenvalue weighted by atomic mass is 16.2. The summed E-state index contributed by atoms with van der Waals surface area (Å²) in [4.78, 5) is 13.3. The van der Waals surface area contributed by atoms with E-state index in [1.54, 1.807) is 11.9 Å². The van der Waals surface area contributed by atoms with Crippen LogP contribution in [0.1, 0.15) is 25.3 Å². The topological polar surface area (TPSA) is 46.3 Å². The highest BCUT2D eigenvalue weighted by Crippen LogP contribution is 2.14. The lowest BCUT2D eigenvalue weighted by Gasteiger charge is -2.17. The van der Waals surface area contributed by atoms with Gasteiger partial charge in [0.25, 0.3) is 0 Å². The SMILES string of the molecule is CCCC(=O)N(C)c1ccc(CN)cc1. The molecule has 0 spiro atoms. The van der Waals surface area contributed by atoms with Crippen LogP contribution < -0.4 is 10.6 Å². The van der Waals surface area contributed by atoms with Crippen molar-refractivity contribution in [2.45, 2.75) is 26.3 Å². The van der Waals surface area contributed by atoms with Gasteiger partial charge in [-0.2, -0.15) is 0 Å². The van der Waals surface area contributed by atoms with Crippen molar-refractivity contribution in [3.8, 4) is 0 Å². The summed E-state index contributed by atoms with van der Waals surface area (Å²) in [7, 11) is 1.80. The van der Waals surface area contributed by atoms with Crippen molar-refractivity contribution in [3.05, 3.63) is 29.8 Å². The predicted octanol–water partition coefficient (Wildman–Crippen LogP) is 1.91. The Hall–Kier alpha value is -1.35. The first kappa shape index (κ1) is 11.7. The highest BCUT2D eigenvalue weighted by Gasteiger charge is 2.08. The first-order chi connectivity index (χ1) is 7.19. The number of benzene rings is 1. The van der Waals surface area contributed by atoms with Crippen LogP contribution in [-0.2, 0) is 11.3 Å². The van der Waals surface area contributed by atoms with Crippen molar-refractivity contribution in [2.75, 3.05) is 11.9 Å². The van der Waals surface area contributed by atoms with Gasteiger partial charge in [-0.05, 0) is 24.1 Å². The molecule has 1 amide bonds. The van der Waals surface area contributed by atoms with Gasteiger partial charge in [0.1, 0.15) is 0 Å². The molecule has 15 heavy (non-hydrogen) atoms. The van der Waals surface area contributed by atoms with Crippen molar-refractivity contribution in [2.24, 2.45) is 5.73 Å². The number of hydrogen-bond donors (Lipinski definition) is 1. The van der Waals surface area contributed by atoms with Crippen LogP contribution in [0.4, 0.5) is 5.69 Å². The molecule has 0 heterocycles. The Morgan fingerprint density at radius 2 is 1.93 bits per heavy atom. The predicted molar refractivity (Wildman–Crippen MR) is 62.7 cm³/mol. The maximum atomic E-state index is 11.6. The van der Waals surface area contributed by atoms with Gasteiger partial charge in [-0.1, -0.05) is 19.1 Å². The maximum absolute atomic E-state index is 11.6. The van der Waals surface area contributed by atoms with Gasteiger partial charge >= 0.3 is 0 Å². The average molecular weight is 206 g/mol. The molecule has 82 valence electrons. The summed E-state index contributed by atoms with van der Waals surface area (Å²) in [6, 6.07) is 7.75. The van der Waals surface area contributed by atoms with Crippen molar-refractivity contribution in [1.82, 2.24) is 0 Å². The molecule has 2 N–H and O–H groups in total. The first-order valence-corrected chi connectivity index (χ1v) is 5.24. The molecule has 1 aromatic carbocycles. The second kappa shape index (κ2) is 5.51. The van der Waals surface area contributed by atoms with E-state index in [1.807, 2.05) is 31.2 Å². The number of nitrogens with zero attached hydrogens (tertiary/aromatic N) is 1. The van der Waals surface area contributed by atoms with E-state index in [0.29, 0.717) is 13.0 Å². The van der Waals surface area contributed by atoms with Crippen molar-refractivity contribution in [3.63, 3.8) is 0 Å². The molecule has 0 bridgehead atoms. The summed E-state index contributed by atoms with van der Waals surface area (Å²) in [5.74, 6) is 0.151. The fraction of sp³-hybridized carbons (Fsp3) is 0.417. The molecule has 0 saturated heterocycles. The third-order valence-corrected chi connectivity index (χ3v) is 2.40. The van der Waals surface area contributed by atoms with Crippen molar-refractivity contribution < 1.29 is 4.79 Å². The fourth-order valence-corrected chi connectivity index (χ4v) is 1.38. The molecule has 0 aliphatic rings. The summed E-state index contributed by atoms with van der Waals surface area (Å²) in [5, 5.41) is 0. The Labute approximate surface area is 90.9 Å². The molecule has 0 aromatic heterocycles. The third kappa shape index (κ3) is 3.06. The lowest BCUT2D eigenvalue weighted by molar-refractivity contribution is -0.118. The number of amides is 1. The smallest absolute Gasteiger partial charge is 0.226 e. The highest BCUT2D eigenvalue weighted by molar-refractivity contribution is 5.92. The van der Waals surface area contributed by atoms with Gasteiger partial charge in [-0.15, -0.1) is 0 Å². The molecule has 0 unspecified atom stereocenters. The molecule has 1 aromatic rings. The zero-order valence-electron chi connectivity index (χ0n) is 9.36. The van der Waals surface area contributed by atoms with Gasteiger partial charge in [0.2, 0.25) is 5.91 Å². The van der Waals surface area contributed by atoms with Crippen molar-refractivity contribution in [1.29, 1.82) is 0 Å². The Balaban J connectivity index is 2.73. The molecule has 3 heteroatoms. The standard InChI is InChI=1S/C12H18N2O/c1-3-4-12(15)14(2)11-7-5-10(9-13)6-8-11/h5-8H,3-4,9,13H2,1-2H3. The van der Waals surface area contributed by atoms with E-state index in [9.17, 15) is 4.79 Å². The molecule has 1 rings (SSSR count). The molecular formula is C12H18N2O. The number of carbonyl (C=O) groups excluding carboxylic acids is 1. The van der Waals surface area contributed by atoms with E-state index in [1.165, 1.54) is 0 Å². The van der Waals surface area contributed by atoms with Crippen LogP contribution >= 0.6 is 0 Å². The van der Waals surface area contributed by atoms with E-state index in [-0.39, 0.29) is 5.91 Å². The molecule has 3 nitrogen and oxygen atoms in total. The van der Waals surface area contributed by atoms with E-state index in [2.05, 4.69) is 0 Å². The Morgan fingerprint density at radius 3 is 2.40 bits per heavy atom. The minimum absolute atomic E-state index is 0.151. The summed E-state index contributed by atoms with van der Waals surface area (Å²) >= 11 is 0. The Bertz CT molecular complexity index is 319. The van der Waals surface area contributed by atoms with Crippen LogP contribution in [-0.4, -0.2) is 13.0 Å². The van der Waals surface area contributed by atoms with Gasteiger partial charge < -0.3 is 10.6 Å². The van der Waals surface area contributed by atoms with Gasteiger partial charge in [0.05, 0.1) is 0 Å². The molecule has 0 aliphatic carbocycles. The van der Waals surface area contributed by atoms with Crippen LogP contribution in [0.3, 0.4) is 0 Å². The summed E-state index contributed by atoms with van der Waals surface area (Å²) in [6.07, 6.45) is 1.47. The number of nitrogens with two attached hydrogens (primary N) is 1. The largest absolute Gasteiger partial charge is 0.326 e. The third-order valence-electron chi connectivity index (χ3n) is 2.40. The van der Waals surface area contributed by atoms with E-state index in [4.69, 9.17) is 5.73 Å². The summed E-state index contributed by atoms with van der Waals surface area (Å²) < 4.78 is 0. The molecule has 0 radical (unpaired) electrons. The van der Waals surface area contributed by atoms with Gasteiger partial charge in [0, 0.05) is 25.7 Å². The monoisotopic (exact) mass is 206 g/mol. The normalized spacial score (nSPS) is 10.1. The number of carbonyl (C=O) groups is 1. The van der Waals surface area contributed by atoms with E-state index < -0.39 is 0 Å². The fourth-order valence-electron chi connectivity index (χ4n) is 1.38. The van der Waals surface area contributed by atoms with Gasteiger partial charge in [-0.25, -0.2) is 0 Å². The van der Waals surface area contributed by atoms with Gasteiger partial charge in [0.15, 0.2) is 0 Å². The van der Waals surface area contributed by atoms with E-state index >= 15 is 0 Å². The number of rotatable bonds is 4. The minimum atomic E-state index is 0.151. The maximum Gasteiger partial charge on any atom is 0.226 e. The summed E-state index contributed by atoms with van der Waals surface area (Å²) in [6.45, 7) is 2.54. The second-order valence-electron chi connectivity index (χ2n) is 3.57. The Morgan fingerprint density at radius 1 is 1.33 bits per heavy atom. The first-order valence-electron chi connectivity index (χ1n) is 5.24. The van der Waals surface area contributed by atoms with E-state index in [0.717, 1.165) is 17.7 Å². The number of anilines is 1. The summed E-state index contributed by atoms with van der Waals surface area (Å²) in [5.41, 5.74) is 7.50. The molecule has 0 fully saturated rings. The van der Waals surface area contributed by atoms with Crippen LogP contribution in [0.2, 0.25) is 0 Å². The zero-order chi connectivity index (χ0) is 11.3. The lowest BCUT2D eigenvalue weighted by Crippen LogP contribution is -2.25. The molecule has 0 aliphatic heterocycles. The zero-order valence-corrected chi connectivity index (χ0v) is 9.36. The molecular weight excluding hydrogens is 188 g/mol. The van der Waals surface area contributed by atoms with Crippen LogP contribution in [0, 0.1) is 0 Å². The molecule has 0 saturated carbocycles. The van der Waals surface area contributed by atoms with Crippen molar-refractivity contribution >= 4 is 11.6 Å².